The zero-order chi connectivity index (χ0) is 14.3. The van der Waals surface area contributed by atoms with Crippen molar-refractivity contribution >= 4 is 5.69 Å². The molecule has 0 aromatic heterocycles. The van der Waals surface area contributed by atoms with Crippen LogP contribution in [-0.2, 0) is 0 Å². The van der Waals surface area contributed by atoms with Crippen molar-refractivity contribution < 1.29 is 14.2 Å². The van der Waals surface area contributed by atoms with Gasteiger partial charge in [-0.05, 0) is 24.3 Å². The maximum absolute atomic E-state index is 5.67. The fourth-order valence-electron chi connectivity index (χ4n) is 2.15. The number of benzene rings is 2. The van der Waals surface area contributed by atoms with E-state index in [1.807, 2.05) is 48.5 Å². The molecule has 0 atom stereocenters. The molecule has 1 aliphatic rings. The lowest BCUT2D eigenvalue weighted by atomic mass is 10.2. The van der Waals surface area contributed by atoms with E-state index in [0.717, 1.165) is 35.9 Å². The van der Waals surface area contributed by atoms with E-state index in [2.05, 4.69) is 5.32 Å². The molecular weight excluding hydrogens is 266 g/mol. The predicted octanol–water partition coefficient (Wildman–Crippen LogP) is 3.34. The summed E-state index contributed by atoms with van der Waals surface area (Å²) in [4.78, 5) is 0. The Balaban J connectivity index is 1.50. The first-order chi connectivity index (χ1) is 10.4. The van der Waals surface area contributed by atoms with Crippen LogP contribution in [0.3, 0.4) is 0 Å². The Morgan fingerprint density at radius 3 is 2.62 bits per heavy atom. The third-order valence-corrected chi connectivity index (χ3v) is 3.19. The molecule has 4 nitrogen and oxygen atoms in total. The van der Waals surface area contributed by atoms with Crippen LogP contribution in [0.1, 0.15) is 6.42 Å². The Labute approximate surface area is 124 Å². The van der Waals surface area contributed by atoms with Crippen molar-refractivity contribution in [3.05, 3.63) is 48.5 Å². The Morgan fingerprint density at radius 1 is 0.952 bits per heavy atom. The molecule has 2 aromatic carbocycles. The molecule has 0 spiro atoms. The van der Waals surface area contributed by atoms with Gasteiger partial charge in [-0.3, -0.25) is 0 Å². The average Bonchev–Trinajstić information content (AvgIpc) is 2.77. The quantitative estimate of drug-likeness (QED) is 0.855. The van der Waals surface area contributed by atoms with Crippen LogP contribution < -0.4 is 19.5 Å². The Bertz CT molecular complexity index is 572. The minimum absolute atomic E-state index is 0.610. The van der Waals surface area contributed by atoms with Gasteiger partial charge in [-0.2, -0.15) is 0 Å². The maximum Gasteiger partial charge on any atom is 0.163 e. The molecule has 21 heavy (non-hydrogen) atoms. The van der Waals surface area contributed by atoms with Crippen molar-refractivity contribution in [2.45, 2.75) is 6.42 Å². The van der Waals surface area contributed by atoms with Gasteiger partial charge in [0.1, 0.15) is 12.4 Å². The summed E-state index contributed by atoms with van der Waals surface area (Å²) in [6, 6.07) is 15.7. The summed E-state index contributed by atoms with van der Waals surface area (Å²) >= 11 is 0. The molecule has 1 heterocycles. The molecule has 0 fully saturated rings. The van der Waals surface area contributed by atoms with Crippen molar-refractivity contribution in [2.24, 2.45) is 0 Å². The van der Waals surface area contributed by atoms with E-state index < -0.39 is 0 Å². The first kappa shape index (κ1) is 13.6. The van der Waals surface area contributed by atoms with Crippen LogP contribution in [0.25, 0.3) is 0 Å². The van der Waals surface area contributed by atoms with E-state index in [1.54, 1.807) is 0 Å². The molecule has 0 unspecified atom stereocenters. The summed E-state index contributed by atoms with van der Waals surface area (Å²) in [7, 11) is 0. The second-order valence-corrected chi connectivity index (χ2v) is 4.80. The van der Waals surface area contributed by atoms with Crippen LogP contribution in [-0.4, -0.2) is 26.4 Å². The summed E-state index contributed by atoms with van der Waals surface area (Å²) in [5.41, 5.74) is 1.01. The van der Waals surface area contributed by atoms with Gasteiger partial charge in [-0.15, -0.1) is 0 Å². The lowest BCUT2D eigenvalue weighted by molar-refractivity contribution is 0.297. The van der Waals surface area contributed by atoms with Gasteiger partial charge in [0, 0.05) is 24.7 Å². The number of ether oxygens (including phenoxy) is 3. The standard InChI is InChI=1S/C17H19NO3/c1-2-5-15(6-3-1)19-12-9-18-14-7-8-16-17(13-14)21-11-4-10-20-16/h1-3,5-8,13,18H,4,9-12H2. The van der Waals surface area contributed by atoms with Crippen molar-refractivity contribution in [1.82, 2.24) is 0 Å². The van der Waals surface area contributed by atoms with Gasteiger partial charge in [0.05, 0.1) is 13.2 Å². The minimum Gasteiger partial charge on any atom is -0.492 e. The number of hydrogen-bond donors (Lipinski definition) is 1. The van der Waals surface area contributed by atoms with E-state index in [0.29, 0.717) is 19.8 Å². The summed E-state index contributed by atoms with van der Waals surface area (Å²) < 4.78 is 16.9. The first-order valence-electron chi connectivity index (χ1n) is 7.23. The fourth-order valence-corrected chi connectivity index (χ4v) is 2.15. The topological polar surface area (TPSA) is 39.7 Å². The van der Waals surface area contributed by atoms with Crippen molar-refractivity contribution in [3.8, 4) is 17.2 Å². The van der Waals surface area contributed by atoms with Crippen LogP contribution in [0.4, 0.5) is 5.69 Å². The number of para-hydroxylation sites is 1. The van der Waals surface area contributed by atoms with Gasteiger partial charge in [0.15, 0.2) is 11.5 Å². The Morgan fingerprint density at radius 2 is 1.76 bits per heavy atom. The number of hydrogen-bond acceptors (Lipinski definition) is 4. The van der Waals surface area contributed by atoms with Gasteiger partial charge in [0.25, 0.3) is 0 Å². The van der Waals surface area contributed by atoms with Crippen molar-refractivity contribution in [3.63, 3.8) is 0 Å². The molecule has 1 N–H and O–H groups in total. The third-order valence-electron chi connectivity index (χ3n) is 3.19. The molecule has 0 aliphatic carbocycles. The summed E-state index contributed by atoms with van der Waals surface area (Å²) in [6.45, 7) is 2.76. The lowest BCUT2D eigenvalue weighted by Crippen LogP contribution is -2.11. The summed E-state index contributed by atoms with van der Waals surface area (Å²) in [6.07, 6.45) is 0.919. The van der Waals surface area contributed by atoms with Gasteiger partial charge in [0.2, 0.25) is 0 Å². The van der Waals surface area contributed by atoms with E-state index in [4.69, 9.17) is 14.2 Å². The molecule has 4 heteroatoms. The largest absolute Gasteiger partial charge is 0.492 e. The highest BCUT2D eigenvalue weighted by Gasteiger charge is 2.10. The third kappa shape index (κ3) is 3.81. The molecule has 0 saturated carbocycles. The molecule has 0 amide bonds. The van der Waals surface area contributed by atoms with Gasteiger partial charge >= 0.3 is 0 Å². The van der Waals surface area contributed by atoms with Gasteiger partial charge in [-0.1, -0.05) is 18.2 Å². The zero-order valence-corrected chi connectivity index (χ0v) is 11.9. The van der Waals surface area contributed by atoms with Gasteiger partial charge < -0.3 is 19.5 Å². The molecule has 0 saturated heterocycles. The van der Waals surface area contributed by atoms with Crippen molar-refractivity contribution in [1.29, 1.82) is 0 Å². The molecule has 110 valence electrons. The maximum atomic E-state index is 5.67. The SMILES string of the molecule is c1ccc(OCCNc2ccc3c(c2)OCCCO3)cc1. The highest BCUT2D eigenvalue weighted by Crippen LogP contribution is 2.32. The van der Waals surface area contributed by atoms with Crippen LogP contribution in [0, 0.1) is 0 Å². The highest BCUT2D eigenvalue weighted by molar-refractivity contribution is 5.55. The normalized spacial score (nSPS) is 13.3. The van der Waals surface area contributed by atoms with Crippen molar-refractivity contribution in [2.75, 3.05) is 31.7 Å². The number of fused-ring (bicyclic) bond motifs is 1. The van der Waals surface area contributed by atoms with Crippen LogP contribution in [0.5, 0.6) is 17.2 Å². The minimum atomic E-state index is 0.610. The smallest absolute Gasteiger partial charge is 0.163 e. The Hall–Kier alpha value is -2.36. The monoisotopic (exact) mass is 285 g/mol. The van der Waals surface area contributed by atoms with Crippen LogP contribution >= 0.6 is 0 Å². The zero-order valence-electron chi connectivity index (χ0n) is 11.9. The Kier molecular flexibility index (Phi) is 4.46. The predicted molar refractivity (Wildman–Crippen MR) is 82.5 cm³/mol. The summed E-state index contributed by atoms with van der Waals surface area (Å²) in [5, 5.41) is 3.32. The van der Waals surface area contributed by atoms with Crippen LogP contribution in [0.15, 0.2) is 48.5 Å². The number of rotatable bonds is 5. The molecule has 0 radical (unpaired) electrons. The second-order valence-electron chi connectivity index (χ2n) is 4.80. The molecule has 3 rings (SSSR count). The lowest BCUT2D eigenvalue weighted by Gasteiger charge is -2.11. The number of nitrogens with one attached hydrogen (secondary N) is 1. The first-order valence-corrected chi connectivity index (χ1v) is 7.23. The van der Waals surface area contributed by atoms with Crippen LogP contribution in [0.2, 0.25) is 0 Å². The molecule has 0 bridgehead atoms. The molecule has 1 aliphatic heterocycles. The van der Waals surface area contributed by atoms with E-state index in [-0.39, 0.29) is 0 Å². The number of anilines is 1. The second kappa shape index (κ2) is 6.88. The molecule has 2 aromatic rings. The summed E-state index contributed by atoms with van der Waals surface area (Å²) in [5.74, 6) is 2.51. The van der Waals surface area contributed by atoms with E-state index in [1.165, 1.54) is 0 Å². The highest BCUT2D eigenvalue weighted by atomic mass is 16.5. The van der Waals surface area contributed by atoms with E-state index >= 15 is 0 Å². The average molecular weight is 285 g/mol. The van der Waals surface area contributed by atoms with Gasteiger partial charge in [-0.25, -0.2) is 0 Å². The molecular formula is C17H19NO3. The fraction of sp³-hybridized carbons (Fsp3) is 0.294. The van der Waals surface area contributed by atoms with E-state index in [9.17, 15) is 0 Å².